The van der Waals surface area contributed by atoms with Gasteiger partial charge >= 0.3 is 0 Å². The number of sulfonamides is 1. The molecule has 0 aromatic heterocycles. The minimum Gasteiger partial charge on any atom is -0.357 e. The van der Waals surface area contributed by atoms with Gasteiger partial charge in [0, 0.05) is 19.6 Å². The summed E-state index contributed by atoms with van der Waals surface area (Å²) in [5, 5.41) is 3.23. The van der Waals surface area contributed by atoms with Gasteiger partial charge in [-0.15, -0.1) is 0 Å². The van der Waals surface area contributed by atoms with E-state index in [1.54, 1.807) is 19.1 Å². The zero-order valence-electron chi connectivity index (χ0n) is 15.8. The maximum absolute atomic E-state index is 13.6. The van der Waals surface area contributed by atoms with Gasteiger partial charge in [-0.1, -0.05) is 13.0 Å². The molecule has 6 nitrogen and oxygen atoms in total. The van der Waals surface area contributed by atoms with Crippen LogP contribution < -0.4 is 10.0 Å². The Hall–Kier alpha value is -1.83. The van der Waals surface area contributed by atoms with Crippen molar-refractivity contribution in [2.24, 2.45) is 10.9 Å². The number of hydrogen-bond acceptors (Lipinski definition) is 3. The van der Waals surface area contributed by atoms with Crippen molar-refractivity contribution in [1.82, 2.24) is 10.2 Å². The summed E-state index contributed by atoms with van der Waals surface area (Å²) in [7, 11) is -3.59. The Balaban J connectivity index is 1.97. The molecule has 1 heterocycles. The standard InChI is InChI=1S/C18H29FN4O2S/c1-4-20-18(23-10-5-6-14(2)13-23)21-9-11-26(24,25)22-16-8-7-15(3)17(19)12-16/h7-8,12,14,22H,4-6,9-11,13H2,1-3H3,(H,20,21). The summed E-state index contributed by atoms with van der Waals surface area (Å²) in [6.07, 6.45) is 2.33. The fraction of sp³-hybridized carbons (Fsp3) is 0.611. The maximum atomic E-state index is 13.6. The number of anilines is 1. The number of nitrogens with one attached hydrogen (secondary N) is 2. The third-order valence-electron chi connectivity index (χ3n) is 4.36. The first-order chi connectivity index (χ1) is 12.3. The number of halogens is 1. The lowest BCUT2D eigenvalue weighted by Gasteiger charge is -2.33. The highest BCUT2D eigenvalue weighted by molar-refractivity contribution is 7.92. The average Bonchev–Trinajstić information content (AvgIpc) is 2.57. The number of likely N-dealkylation sites (tertiary alicyclic amines) is 1. The van der Waals surface area contributed by atoms with Crippen LogP contribution in [0.25, 0.3) is 0 Å². The first-order valence-electron chi connectivity index (χ1n) is 9.10. The average molecular weight is 385 g/mol. The molecule has 1 aliphatic heterocycles. The van der Waals surface area contributed by atoms with Gasteiger partial charge in [0.15, 0.2) is 5.96 Å². The molecule has 1 aliphatic rings. The Morgan fingerprint density at radius 1 is 1.42 bits per heavy atom. The second kappa shape index (κ2) is 9.21. The van der Waals surface area contributed by atoms with Crippen LogP contribution in [0.1, 0.15) is 32.3 Å². The van der Waals surface area contributed by atoms with Crippen molar-refractivity contribution in [3.63, 3.8) is 0 Å². The second-order valence-corrected chi connectivity index (χ2v) is 8.66. The summed E-state index contributed by atoms with van der Waals surface area (Å²) in [4.78, 5) is 6.66. The van der Waals surface area contributed by atoms with E-state index in [-0.39, 0.29) is 18.0 Å². The van der Waals surface area contributed by atoms with Gasteiger partial charge in [0.05, 0.1) is 18.0 Å². The van der Waals surface area contributed by atoms with Gasteiger partial charge in [-0.2, -0.15) is 0 Å². The Kier molecular flexibility index (Phi) is 7.25. The lowest BCUT2D eigenvalue weighted by atomic mass is 10.0. The number of rotatable bonds is 6. The molecule has 1 aromatic carbocycles. The molecule has 0 aliphatic carbocycles. The lowest BCUT2D eigenvalue weighted by molar-refractivity contribution is 0.266. The Morgan fingerprint density at radius 3 is 2.85 bits per heavy atom. The predicted octanol–water partition coefficient (Wildman–Crippen LogP) is 2.57. The zero-order valence-corrected chi connectivity index (χ0v) is 16.6. The zero-order chi connectivity index (χ0) is 19.2. The highest BCUT2D eigenvalue weighted by Crippen LogP contribution is 2.16. The molecule has 146 valence electrons. The second-order valence-electron chi connectivity index (χ2n) is 6.81. The minimum atomic E-state index is -3.59. The van der Waals surface area contributed by atoms with E-state index in [0.29, 0.717) is 11.5 Å². The van der Waals surface area contributed by atoms with Crippen LogP contribution in [0.3, 0.4) is 0 Å². The summed E-state index contributed by atoms with van der Waals surface area (Å²) >= 11 is 0. The number of aliphatic imine (C=N–C) groups is 1. The van der Waals surface area contributed by atoms with E-state index in [1.165, 1.54) is 12.5 Å². The van der Waals surface area contributed by atoms with Gasteiger partial charge in [0.25, 0.3) is 0 Å². The van der Waals surface area contributed by atoms with Gasteiger partial charge in [-0.05, 0) is 50.3 Å². The highest BCUT2D eigenvalue weighted by atomic mass is 32.2. The van der Waals surface area contributed by atoms with Crippen molar-refractivity contribution in [3.8, 4) is 0 Å². The number of nitrogens with zero attached hydrogens (tertiary/aromatic N) is 2. The van der Waals surface area contributed by atoms with Gasteiger partial charge in [0.2, 0.25) is 10.0 Å². The van der Waals surface area contributed by atoms with Crippen LogP contribution in [0.15, 0.2) is 23.2 Å². The third kappa shape index (κ3) is 6.16. The highest BCUT2D eigenvalue weighted by Gasteiger charge is 2.19. The monoisotopic (exact) mass is 384 g/mol. The molecule has 0 bridgehead atoms. The van der Waals surface area contributed by atoms with Crippen LogP contribution in [0.5, 0.6) is 0 Å². The largest absolute Gasteiger partial charge is 0.357 e. The van der Waals surface area contributed by atoms with Crippen molar-refractivity contribution in [2.75, 3.05) is 36.7 Å². The first kappa shape index (κ1) is 20.5. The Labute approximate surface area is 155 Å². The molecule has 2 N–H and O–H groups in total. The topological polar surface area (TPSA) is 73.8 Å². The molecule has 26 heavy (non-hydrogen) atoms. The molecular weight excluding hydrogens is 355 g/mol. The number of hydrogen-bond donors (Lipinski definition) is 2. The van der Waals surface area contributed by atoms with E-state index in [9.17, 15) is 12.8 Å². The van der Waals surface area contributed by atoms with Gasteiger partial charge in [-0.25, -0.2) is 12.8 Å². The number of guanidine groups is 1. The summed E-state index contributed by atoms with van der Waals surface area (Å²) < 4.78 is 40.4. The molecule has 8 heteroatoms. The predicted molar refractivity (Wildman–Crippen MR) is 104 cm³/mol. The molecule has 0 amide bonds. The van der Waals surface area contributed by atoms with Crippen molar-refractivity contribution >= 4 is 21.7 Å². The fourth-order valence-electron chi connectivity index (χ4n) is 2.97. The van der Waals surface area contributed by atoms with E-state index in [1.807, 2.05) is 6.92 Å². The smallest absolute Gasteiger partial charge is 0.234 e. The van der Waals surface area contributed by atoms with Crippen LogP contribution in [0.2, 0.25) is 0 Å². The van der Waals surface area contributed by atoms with E-state index >= 15 is 0 Å². The summed E-state index contributed by atoms with van der Waals surface area (Å²) in [6.45, 7) is 8.58. The number of piperidine rings is 1. The Bertz CT molecular complexity index is 737. The summed E-state index contributed by atoms with van der Waals surface area (Å²) in [5.74, 6) is 0.780. The molecule has 0 spiro atoms. The maximum Gasteiger partial charge on any atom is 0.234 e. The molecule has 1 atom stereocenters. The van der Waals surface area contributed by atoms with E-state index in [0.717, 1.165) is 32.0 Å². The number of aryl methyl sites for hydroxylation is 1. The fourth-order valence-corrected chi connectivity index (χ4v) is 3.89. The lowest BCUT2D eigenvalue weighted by Crippen LogP contribution is -2.46. The van der Waals surface area contributed by atoms with Gasteiger partial charge < -0.3 is 10.2 Å². The summed E-state index contributed by atoms with van der Waals surface area (Å²) in [6, 6.07) is 4.29. The molecule has 1 unspecified atom stereocenters. The molecule has 1 saturated heterocycles. The van der Waals surface area contributed by atoms with Crippen molar-refractivity contribution in [1.29, 1.82) is 0 Å². The van der Waals surface area contributed by atoms with E-state index in [2.05, 4.69) is 26.9 Å². The van der Waals surface area contributed by atoms with Gasteiger partial charge in [-0.3, -0.25) is 9.71 Å². The van der Waals surface area contributed by atoms with Crippen LogP contribution >= 0.6 is 0 Å². The Morgan fingerprint density at radius 2 is 2.19 bits per heavy atom. The van der Waals surface area contributed by atoms with Crippen LogP contribution in [0, 0.1) is 18.7 Å². The van der Waals surface area contributed by atoms with Crippen molar-refractivity contribution in [3.05, 3.63) is 29.6 Å². The van der Waals surface area contributed by atoms with Crippen LogP contribution in [-0.4, -0.2) is 51.2 Å². The third-order valence-corrected chi connectivity index (χ3v) is 5.62. The van der Waals surface area contributed by atoms with E-state index in [4.69, 9.17) is 0 Å². The van der Waals surface area contributed by atoms with Crippen molar-refractivity contribution in [2.45, 2.75) is 33.6 Å². The molecule has 1 aromatic rings. The quantitative estimate of drug-likeness (QED) is 0.584. The number of benzene rings is 1. The van der Waals surface area contributed by atoms with Crippen LogP contribution in [-0.2, 0) is 10.0 Å². The van der Waals surface area contributed by atoms with Crippen LogP contribution in [0.4, 0.5) is 10.1 Å². The summed E-state index contributed by atoms with van der Waals surface area (Å²) in [5.41, 5.74) is 0.706. The first-order valence-corrected chi connectivity index (χ1v) is 10.8. The molecule has 2 rings (SSSR count). The van der Waals surface area contributed by atoms with Gasteiger partial charge in [0.1, 0.15) is 5.82 Å². The van der Waals surface area contributed by atoms with E-state index < -0.39 is 15.8 Å². The normalized spacial score (nSPS) is 18.7. The van der Waals surface area contributed by atoms with Crippen molar-refractivity contribution < 1.29 is 12.8 Å². The SMILES string of the molecule is CCNC(=NCCS(=O)(=O)Nc1ccc(C)c(F)c1)N1CCCC(C)C1. The molecule has 1 fully saturated rings. The molecule has 0 saturated carbocycles. The minimum absolute atomic E-state index is 0.150. The molecular formula is C18H29FN4O2S. The molecule has 0 radical (unpaired) electrons.